The Morgan fingerprint density at radius 2 is 1.59 bits per heavy atom. The minimum atomic E-state index is -0.892. The van der Waals surface area contributed by atoms with Crippen LogP contribution in [0.3, 0.4) is 0 Å². The van der Waals surface area contributed by atoms with E-state index in [4.69, 9.17) is 16.3 Å². The highest BCUT2D eigenvalue weighted by Gasteiger charge is 2.28. The molecule has 0 spiro atoms. The van der Waals surface area contributed by atoms with E-state index in [-0.39, 0.29) is 0 Å². The molecule has 1 atom stereocenters. The molecule has 3 aromatic rings. The third kappa shape index (κ3) is 2.61. The van der Waals surface area contributed by atoms with Gasteiger partial charge in [-0.3, -0.25) is 0 Å². The standard InChI is InChI=1S/C17H12ClN2PS/c18-21-20(16-8-2-1-3-9-16)19-17(22-21)15-11-10-13-6-4-5-7-14(13)12-15/h1-12H. The van der Waals surface area contributed by atoms with E-state index in [2.05, 4.69) is 42.5 Å². The van der Waals surface area contributed by atoms with Crippen LogP contribution in [0.1, 0.15) is 5.56 Å². The molecule has 1 aliphatic rings. The number of rotatable bonds is 2. The van der Waals surface area contributed by atoms with Crippen molar-refractivity contribution in [2.45, 2.75) is 0 Å². The molecule has 0 bridgehead atoms. The van der Waals surface area contributed by atoms with Crippen molar-refractivity contribution in [3.63, 3.8) is 0 Å². The lowest BCUT2D eigenvalue weighted by Gasteiger charge is -2.15. The van der Waals surface area contributed by atoms with Crippen molar-refractivity contribution in [1.29, 1.82) is 0 Å². The number of para-hydroxylation sites is 1. The molecule has 1 aliphatic heterocycles. The molecule has 0 fully saturated rings. The van der Waals surface area contributed by atoms with E-state index in [9.17, 15) is 0 Å². The predicted octanol–water partition coefficient (Wildman–Crippen LogP) is 6.22. The van der Waals surface area contributed by atoms with E-state index in [0.717, 1.165) is 16.3 Å². The SMILES string of the molecule is ClP1SC(c2ccc3ccccc3c2)=NN1c1ccccc1. The molecule has 0 amide bonds. The van der Waals surface area contributed by atoms with Crippen LogP contribution in [0.15, 0.2) is 77.9 Å². The predicted molar refractivity (Wildman–Crippen MR) is 99.8 cm³/mol. The van der Waals surface area contributed by atoms with Crippen molar-refractivity contribution in [3.05, 3.63) is 78.4 Å². The average molecular weight is 343 g/mol. The summed E-state index contributed by atoms with van der Waals surface area (Å²) in [7, 11) is 0. The maximum atomic E-state index is 6.51. The Balaban J connectivity index is 1.72. The Morgan fingerprint density at radius 1 is 0.864 bits per heavy atom. The number of hydrogen-bond donors (Lipinski definition) is 0. The van der Waals surface area contributed by atoms with E-state index in [1.54, 1.807) is 11.4 Å². The number of halogens is 1. The molecule has 0 saturated heterocycles. The largest absolute Gasteiger partial charge is 0.218 e. The lowest BCUT2D eigenvalue weighted by Crippen LogP contribution is -2.01. The quantitative estimate of drug-likeness (QED) is 0.514. The summed E-state index contributed by atoms with van der Waals surface area (Å²) in [5.74, 6) is 0. The van der Waals surface area contributed by atoms with Gasteiger partial charge in [-0.2, -0.15) is 5.10 Å². The fourth-order valence-corrected chi connectivity index (χ4v) is 5.93. The van der Waals surface area contributed by atoms with Crippen LogP contribution in [0.5, 0.6) is 0 Å². The van der Waals surface area contributed by atoms with E-state index < -0.39 is 6.63 Å². The van der Waals surface area contributed by atoms with Crippen LogP contribution in [0.25, 0.3) is 10.8 Å². The molecule has 0 aliphatic carbocycles. The smallest absolute Gasteiger partial charge is 0.179 e. The summed E-state index contributed by atoms with van der Waals surface area (Å²) >= 11 is 8.15. The van der Waals surface area contributed by atoms with Crippen LogP contribution in [-0.4, -0.2) is 5.04 Å². The minimum Gasteiger partial charge on any atom is -0.218 e. The first-order valence-electron chi connectivity index (χ1n) is 6.88. The molecule has 22 heavy (non-hydrogen) atoms. The molecule has 0 N–H and O–H groups in total. The Hall–Kier alpha value is -1.54. The van der Waals surface area contributed by atoms with E-state index in [0.29, 0.717) is 0 Å². The molecule has 108 valence electrons. The molecule has 0 radical (unpaired) electrons. The zero-order valence-electron chi connectivity index (χ0n) is 11.6. The number of anilines is 1. The summed E-state index contributed by atoms with van der Waals surface area (Å²) < 4.78 is 1.92. The van der Waals surface area contributed by atoms with Gasteiger partial charge in [-0.15, -0.1) is 0 Å². The number of hydrogen-bond acceptors (Lipinski definition) is 3. The Bertz CT molecular complexity index is 853. The van der Waals surface area contributed by atoms with Gasteiger partial charge in [0.1, 0.15) is 5.04 Å². The molecular formula is C17H12ClN2PS. The van der Waals surface area contributed by atoms with Crippen LogP contribution < -0.4 is 4.78 Å². The van der Waals surface area contributed by atoms with E-state index >= 15 is 0 Å². The van der Waals surface area contributed by atoms with Crippen molar-refractivity contribution in [2.24, 2.45) is 5.10 Å². The van der Waals surface area contributed by atoms with Crippen molar-refractivity contribution < 1.29 is 0 Å². The number of benzene rings is 3. The fraction of sp³-hybridized carbons (Fsp3) is 0. The van der Waals surface area contributed by atoms with E-state index in [1.165, 1.54) is 10.8 Å². The Kier molecular flexibility index (Phi) is 3.79. The van der Waals surface area contributed by atoms with Gasteiger partial charge in [0.25, 0.3) is 0 Å². The van der Waals surface area contributed by atoms with E-state index in [1.807, 2.05) is 35.1 Å². The Labute approximate surface area is 139 Å². The summed E-state index contributed by atoms with van der Waals surface area (Å²) in [5, 5.41) is 8.17. The van der Waals surface area contributed by atoms with Crippen molar-refractivity contribution >= 4 is 50.8 Å². The molecule has 3 aromatic carbocycles. The highest BCUT2D eigenvalue weighted by molar-refractivity contribution is 8.70. The summed E-state index contributed by atoms with van der Waals surface area (Å²) in [6.45, 7) is -0.892. The second-order valence-electron chi connectivity index (χ2n) is 4.91. The van der Waals surface area contributed by atoms with Crippen LogP contribution in [0.2, 0.25) is 0 Å². The fourth-order valence-electron chi connectivity index (χ4n) is 2.39. The molecule has 0 aromatic heterocycles. The van der Waals surface area contributed by atoms with Crippen molar-refractivity contribution in [1.82, 2.24) is 0 Å². The van der Waals surface area contributed by atoms with Crippen LogP contribution >= 0.6 is 29.2 Å². The van der Waals surface area contributed by atoms with Gasteiger partial charge in [0.2, 0.25) is 0 Å². The molecule has 1 unspecified atom stereocenters. The number of fused-ring (bicyclic) bond motifs is 1. The number of hydrazone groups is 1. The van der Waals surface area contributed by atoms with Gasteiger partial charge in [-0.1, -0.05) is 65.8 Å². The maximum Gasteiger partial charge on any atom is 0.179 e. The van der Waals surface area contributed by atoms with Crippen LogP contribution in [-0.2, 0) is 0 Å². The maximum absolute atomic E-state index is 6.51. The molecule has 5 heteroatoms. The summed E-state index contributed by atoms with van der Waals surface area (Å²) in [6, 6.07) is 24.8. The normalized spacial score (nSPS) is 17.8. The third-order valence-corrected chi connectivity index (χ3v) is 7.22. The third-order valence-electron chi connectivity index (χ3n) is 3.48. The minimum absolute atomic E-state index is 0.892. The molecule has 0 saturated carbocycles. The van der Waals surface area contributed by atoms with Gasteiger partial charge in [-0.25, -0.2) is 4.78 Å². The number of nitrogens with zero attached hydrogens (tertiary/aromatic N) is 2. The zero-order valence-corrected chi connectivity index (χ0v) is 14.0. The molecular weight excluding hydrogens is 331 g/mol. The molecule has 2 nitrogen and oxygen atoms in total. The summed E-state index contributed by atoms with van der Waals surface area (Å²) in [5.41, 5.74) is 2.15. The monoisotopic (exact) mass is 342 g/mol. The zero-order chi connectivity index (χ0) is 14.9. The van der Waals surface area contributed by atoms with Gasteiger partial charge in [-0.05, 0) is 40.4 Å². The lowest BCUT2D eigenvalue weighted by atomic mass is 10.1. The van der Waals surface area contributed by atoms with Gasteiger partial charge in [0.05, 0.1) is 5.69 Å². The van der Waals surface area contributed by atoms with Gasteiger partial charge >= 0.3 is 0 Å². The van der Waals surface area contributed by atoms with Crippen LogP contribution in [0, 0.1) is 0 Å². The van der Waals surface area contributed by atoms with Crippen LogP contribution in [0.4, 0.5) is 5.69 Å². The first kappa shape index (κ1) is 14.1. The van der Waals surface area contributed by atoms with Gasteiger partial charge < -0.3 is 0 Å². The highest BCUT2D eigenvalue weighted by atomic mass is 35.7. The average Bonchev–Trinajstić information content (AvgIpc) is 2.97. The molecule has 1 heterocycles. The topological polar surface area (TPSA) is 15.6 Å². The highest BCUT2D eigenvalue weighted by Crippen LogP contribution is 2.64. The second kappa shape index (κ2) is 5.92. The summed E-state index contributed by atoms with van der Waals surface area (Å²) in [4.78, 5) is 0. The van der Waals surface area contributed by atoms with Gasteiger partial charge in [0.15, 0.2) is 6.63 Å². The van der Waals surface area contributed by atoms with Crippen molar-refractivity contribution in [3.8, 4) is 0 Å². The first-order chi connectivity index (χ1) is 10.8. The first-order valence-corrected chi connectivity index (χ1v) is 10.5. The molecule has 4 rings (SSSR count). The lowest BCUT2D eigenvalue weighted by molar-refractivity contribution is 1.21. The van der Waals surface area contributed by atoms with Gasteiger partial charge in [0, 0.05) is 5.56 Å². The Morgan fingerprint density at radius 3 is 2.41 bits per heavy atom. The summed E-state index contributed by atoms with van der Waals surface area (Å²) in [6.07, 6.45) is 0. The van der Waals surface area contributed by atoms with Crippen molar-refractivity contribution in [2.75, 3.05) is 4.78 Å². The second-order valence-corrected chi connectivity index (χ2v) is 9.46.